The maximum absolute atomic E-state index is 13.7. The SMILES string of the molecule is CC(C)[C@H](NC(=O)CCCCCN1C(=O)C=CC1=O)C(=O)N[C@@H](C)C(=O)Nc1ccc(NC(=O)c2cc(NC(=O)CCCOc3cc4c(cc3O[C@@H]3O[C@H](CO)[C@@H](O)[C@H](O)[C@H]3O)C(=O)N3CCCC[C@H]3C=N4)cn2C)cc1. The van der Waals surface area contributed by atoms with Crippen LogP contribution in [-0.4, -0.2) is 163 Å². The van der Waals surface area contributed by atoms with Gasteiger partial charge in [-0.15, -0.1) is 0 Å². The maximum Gasteiger partial charge on any atom is 0.272 e. The lowest BCUT2D eigenvalue weighted by molar-refractivity contribution is -0.277. The van der Waals surface area contributed by atoms with Crippen LogP contribution in [0.5, 0.6) is 11.5 Å². The van der Waals surface area contributed by atoms with Crippen LogP contribution in [0.25, 0.3) is 0 Å². The summed E-state index contributed by atoms with van der Waals surface area (Å²) in [4.78, 5) is 110. The topological polar surface area (TPSA) is 329 Å². The fourth-order valence-corrected chi connectivity index (χ4v) is 9.12. The first-order valence-electron chi connectivity index (χ1n) is 25.8. The van der Waals surface area contributed by atoms with Crippen LogP contribution in [0.4, 0.5) is 22.7 Å². The van der Waals surface area contributed by atoms with Crippen molar-refractivity contribution in [1.82, 2.24) is 25.0 Å². The number of hydrogen-bond acceptors (Lipinski definition) is 16. The first kappa shape index (κ1) is 57.2. The zero-order valence-corrected chi connectivity index (χ0v) is 43.3. The molecule has 8 atom stereocenters. The highest BCUT2D eigenvalue weighted by Gasteiger charge is 2.45. The highest BCUT2D eigenvalue weighted by atomic mass is 16.7. The number of benzene rings is 2. The van der Waals surface area contributed by atoms with E-state index in [1.165, 1.54) is 41.8 Å². The molecule has 0 bridgehead atoms. The van der Waals surface area contributed by atoms with Gasteiger partial charge in [-0.25, -0.2) is 0 Å². The number of imide groups is 1. The van der Waals surface area contributed by atoms with Gasteiger partial charge in [0.25, 0.3) is 23.6 Å². The molecule has 9 N–H and O–H groups in total. The van der Waals surface area contributed by atoms with E-state index in [4.69, 9.17) is 14.2 Å². The second-order valence-corrected chi connectivity index (χ2v) is 19.7. The number of rotatable bonds is 23. The number of nitrogens with zero attached hydrogens (tertiary/aromatic N) is 4. The molecule has 8 amide bonds. The first-order chi connectivity index (χ1) is 36.8. The Morgan fingerprint density at radius 3 is 2.18 bits per heavy atom. The van der Waals surface area contributed by atoms with Crippen molar-refractivity contribution in [2.24, 2.45) is 18.0 Å². The lowest BCUT2D eigenvalue weighted by atomic mass is 9.99. The van der Waals surface area contributed by atoms with Gasteiger partial charge in [0, 0.05) is 75.0 Å². The minimum Gasteiger partial charge on any atom is -0.490 e. The van der Waals surface area contributed by atoms with Crippen LogP contribution in [0.2, 0.25) is 0 Å². The summed E-state index contributed by atoms with van der Waals surface area (Å²) in [6.07, 6.45) is 2.30. The Hall–Kier alpha value is -7.51. The molecular formula is C53H67N9O15. The number of aliphatic hydroxyl groups is 4. The van der Waals surface area contributed by atoms with Crippen molar-refractivity contribution >= 4 is 76.2 Å². The van der Waals surface area contributed by atoms with Crippen LogP contribution in [0, 0.1) is 5.92 Å². The molecule has 0 aliphatic carbocycles. The van der Waals surface area contributed by atoms with Gasteiger partial charge < -0.3 is 70.7 Å². The normalized spacial score (nSPS) is 21.6. The third kappa shape index (κ3) is 14.5. The molecule has 3 aromatic rings. The molecule has 414 valence electrons. The van der Waals surface area contributed by atoms with Crippen LogP contribution >= 0.6 is 0 Å². The summed E-state index contributed by atoms with van der Waals surface area (Å²) in [7, 11) is 1.63. The average molecular weight is 1070 g/mol. The molecule has 0 radical (unpaired) electrons. The largest absolute Gasteiger partial charge is 0.490 e. The molecule has 2 saturated heterocycles. The Bertz CT molecular complexity index is 2720. The van der Waals surface area contributed by atoms with Gasteiger partial charge in [-0.2, -0.15) is 0 Å². The van der Waals surface area contributed by atoms with E-state index >= 15 is 0 Å². The fourth-order valence-electron chi connectivity index (χ4n) is 9.12. The van der Waals surface area contributed by atoms with Crippen molar-refractivity contribution in [3.05, 3.63) is 72.1 Å². The number of anilines is 3. The standard InChI is InChI=1S/C53H67N9O15/c1-29(2)45(59-42(65)12-6-5-8-21-62-43(66)18-19-44(62)67)51(73)55-30(3)49(71)57-31-14-16-32(17-15-31)58-50(72)37-23-33(27-60(37)4)56-41(64)13-10-22-75-38-25-36-35(52(74)61-20-9-7-11-34(61)26-54-36)24-39(38)76-53-48(70)47(69)46(68)40(28-63)77-53/h14-19,23-27,29-30,34,40,45-48,53,63,68-70H,5-13,20-22,28H2,1-4H3,(H,55,73)(H,56,64)(H,57,71)(H,58,72)(H,59,65)/t30-,34-,40+,45-,46+,47-,48+,53+/m0/s1. The third-order valence-corrected chi connectivity index (χ3v) is 13.5. The first-order valence-corrected chi connectivity index (χ1v) is 25.8. The smallest absolute Gasteiger partial charge is 0.272 e. The van der Waals surface area contributed by atoms with Crippen LogP contribution in [0.15, 0.2) is 65.8 Å². The highest BCUT2D eigenvalue weighted by Crippen LogP contribution is 2.40. The number of amides is 8. The van der Waals surface area contributed by atoms with Gasteiger partial charge in [-0.3, -0.25) is 48.2 Å². The van der Waals surface area contributed by atoms with E-state index in [-0.39, 0.29) is 96.7 Å². The summed E-state index contributed by atoms with van der Waals surface area (Å²) in [5.41, 5.74) is 1.87. The van der Waals surface area contributed by atoms with E-state index in [0.29, 0.717) is 48.6 Å². The molecule has 5 heterocycles. The number of aryl methyl sites for hydroxylation is 1. The molecule has 24 nitrogen and oxygen atoms in total. The molecule has 24 heteroatoms. The van der Waals surface area contributed by atoms with Crippen molar-refractivity contribution in [1.29, 1.82) is 0 Å². The number of aromatic nitrogens is 1. The summed E-state index contributed by atoms with van der Waals surface area (Å²) < 4.78 is 19.2. The Kier molecular flexibility index (Phi) is 19.3. The van der Waals surface area contributed by atoms with Crippen molar-refractivity contribution in [2.75, 3.05) is 42.3 Å². The fraction of sp³-hybridized carbons (Fsp3) is 0.491. The molecule has 0 saturated carbocycles. The molecule has 0 spiro atoms. The molecular weight excluding hydrogens is 1000 g/mol. The van der Waals surface area contributed by atoms with E-state index in [1.54, 1.807) is 62.5 Å². The molecule has 0 unspecified atom stereocenters. The van der Waals surface area contributed by atoms with Gasteiger partial charge in [-0.1, -0.05) is 20.3 Å². The third-order valence-electron chi connectivity index (χ3n) is 13.5. The van der Waals surface area contributed by atoms with Crippen LogP contribution in [-0.2, 0) is 40.6 Å². The van der Waals surface area contributed by atoms with Crippen molar-refractivity contribution in [2.45, 2.75) is 127 Å². The summed E-state index contributed by atoms with van der Waals surface area (Å²) in [6.45, 7) is 5.14. The minimum atomic E-state index is -1.74. The summed E-state index contributed by atoms with van der Waals surface area (Å²) in [5.74, 6) is -3.51. The second kappa shape index (κ2) is 26.0. The van der Waals surface area contributed by atoms with Gasteiger partial charge >= 0.3 is 0 Å². The average Bonchev–Trinajstić information content (AvgIpc) is 3.91. The predicted octanol–water partition coefficient (Wildman–Crippen LogP) is 2.03. The number of nitrogens with one attached hydrogen (secondary N) is 5. The lowest BCUT2D eigenvalue weighted by Gasteiger charge is -2.39. The monoisotopic (exact) mass is 1070 g/mol. The number of unbranched alkanes of at least 4 members (excludes halogenated alkanes) is 2. The Balaban J connectivity index is 0.861. The van der Waals surface area contributed by atoms with E-state index in [9.17, 15) is 58.8 Å². The molecule has 2 aromatic carbocycles. The van der Waals surface area contributed by atoms with E-state index in [2.05, 4.69) is 31.6 Å². The Labute approximate surface area is 444 Å². The predicted molar refractivity (Wildman–Crippen MR) is 278 cm³/mol. The number of carbonyl (C=O) groups excluding carboxylic acids is 8. The Morgan fingerprint density at radius 1 is 0.779 bits per heavy atom. The van der Waals surface area contributed by atoms with Crippen LogP contribution in [0.3, 0.4) is 0 Å². The van der Waals surface area contributed by atoms with E-state index in [1.807, 2.05) is 0 Å². The van der Waals surface area contributed by atoms with Gasteiger partial charge in [0.1, 0.15) is 42.2 Å². The van der Waals surface area contributed by atoms with Gasteiger partial charge in [-0.05, 0) is 87.8 Å². The zero-order valence-electron chi connectivity index (χ0n) is 43.3. The van der Waals surface area contributed by atoms with Crippen molar-refractivity contribution in [3.63, 3.8) is 0 Å². The van der Waals surface area contributed by atoms with Gasteiger partial charge in [0.05, 0.1) is 36.2 Å². The number of piperidine rings is 1. The lowest BCUT2D eigenvalue weighted by Crippen LogP contribution is -2.60. The van der Waals surface area contributed by atoms with E-state index in [0.717, 1.165) is 24.2 Å². The maximum atomic E-state index is 13.7. The second-order valence-electron chi connectivity index (χ2n) is 19.7. The quantitative estimate of drug-likeness (QED) is 0.0485. The zero-order chi connectivity index (χ0) is 55.5. The van der Waals surface area contributed by atoms with Crippen LogP contribution < -0.4 is 36.1 Å². The van der Waals surface area contributed by atoms with Crippen molar-refractivity contribution < 1.29 is 73.0 Å². The molecule has 4 aliphatic heterocycles. The molecule has 1 aromatic heterocycles. The molecule has 7 rings (SSSR count). The molecule has 77 heavy (non-hydrogen) atoms. The number of aliphatic imine (C=N–C) groups is 1. The summed E-state index contributed by atoms with van der Waals surface area (Å²) >= 11 is 0. The number of hydrogen-bond donors (Lipinski definition) is 9. The van der Waals surface area contributed by atoms with Crippen molar-refractivity contribution in [3.8, 4) is 11.5 Å². The number of fused-ring (bicyclic) bond motifs is 2. The van der Waals surface area contributed by atoms with Crippen LogP contribution in [0.1, 0.15) is 99.4 Å². The summed E-state index contributed by atoms with van der Waals surface area (Å²) in [6, 6.07) is 8.62. The minimum absolute atomic E-state index is 0.0143. The molecule has 2 fully saturated rings. The Morgan fingerprint density at radius 2 is 1.48 bits per heavy atom. The number of aliphatic hydroxyl groups excluding tert-OH is 4. The van der Waals surface area contributed by atoms with E-state index < -0.39 is 67.1 Å². The highest BCUT2D eigenvalue weighted by molar-refractivity contribution is 6.13. The molecule has 4 aliphatic rings. The number of ether oxygens (including phenoxy) is 3. The number of carbonyl (C=O) groups is 8. The summed E-state index contributed by atoms with van der Waals surface area (Å²) in [5, 5.41) is 54.9. The van der Waals surface area contributed by atoms with Gasteiger partial charge in [0.15, 0.2) is 11.5 Å². The van der Waals surface area contributed by atoms with Gasteiger partial charge in [0.2, 0.25) is 29.9 Å².